The van der Waals surface area contributed by atoms with Gasteiger partial charge in [0.25, 0.3) is 5.56 Å². The predicted octanol–water partition coefficient (Wildman–Crippen LogP) is 0.841. The summed E-state index contributed by atoms with van der Waals surface area (Å²) in [6.45, 7) is 2.04. The number of nitrogens with one attached hydrogen (secondary N) is 1. The Morgan fingerprint density at radius 2 is 2.15 bits per heavy atom. The highest BCUT2D eigenvalue weighted by Gasteiger charge is 2.06. The zero-order chi connectivity index (χ0) is 9.26. The first-order chi connectivity index (χ1) is 6.27. The summed E-state index contributed by atoms with van der Waals surface area (Å²) in [6, 6.07) is 0. The van der Waals surface area contributed by atoms with Crippen LogP contribution in [0.4, 0.5) is 0 Å². The number of H-pyrrole nitrogens is 1. The highest BCUT2D eigenvalue weighted by molar-refractivity contribution is 5.63. The lowest BCUT2D eigenvalue weighted by molar-refractivity contribution is 0.830. The summed E-state index contributed by atoms with van der Waals surface area (Å²) in [6.07, 6.45) is 7.55. The van der Waals surface area contributed by atoms with Crippen LogP contribution in [0.25, 0.3) is 12.2 Å². The van der Waals surface area contributed by atoms with Gasteiger partial charge < -0.3 is 0 Å². The smallest absolute Gasteiger partial charge is 0.267 e. The molecule has 0 spiro atoms. The fourth-order valence-electron chi connectivity index (χ4n) is 1.19. The van der Waals surface area contributed by atoms with Gasteiger partial charge in [0.15, 0.2) is 0 Å². The second-order valence-corrected chi connectivity index (χ2v) is 3.02. The Hall–Kier alpha value is -1.71. The molecule has 0 amide bonds. The Balaban J connectivity index is 2.66. The standard InChI is InChI=1S/C9H9N3O/c1-6-2-4-7-8(5-3-6)10-12-11-9(7)13/h2-6H,1H3,(H,10,11,13). The lowest BCUT2D eigenvalue weighted by atomic mass is 10.2. The maximum absolute atomic E-state index is 11.3. The average molecular weight is 175 g/mol. The Bertz CT molecular complexity index is 431. The van der Waals surface area contributed by atoms with Gasteiger partial charge in [-0.1, -0.05) is 30.4 Å². The molecule has 1 aliphatic rings. The van der Waals surface area contributed by atoms with Gasteiger partial charge >= 0.3 is 0 Å². The largest absolute Gasteiger partial charge is 0.274 e. The molecule has 4 heteroatoms. The minimum atomic E-state index is -0.194. The zero-order valence-electron chi connectivity index (χ0n) is 7.19. The molecule has 1 aliphatic carbocycles. The topological polar surface area (TPSA) is 58.6 Å². The predicted molar refractivity (Wildman–Crippen MR) is 49.9 cm³/mol. The first-order valence-corrected chi connectivity index (χ1v) is 4.09. The Labute approximate surface area is 75.0 Å². The van der Waals surface area contributed by atoms with Crippen LogP contribution < -0.4 is 5.56 Å². The van der Waals surface area contributed by atoms with E-state index in [4.69, 9.17) is 0 Å². The van der Waals surface area contributed by atoms with Crippen molar-refractivity contribution < 1.29 is 0 Å². The van der Waals surface area contributed by atoms with Crippen LogP contribution in [0.5, 0.6) is 0 Å². The molecule has 0 aliphatic heterocycles. The molecule has 0 radical (unpaired) electrons. The van der Waals surface area contributed by atoms with Gasteiger partial charge in [-0.15, -0.1) is 5.10 Å². The van der Waals surface area contributed by atoms with E-state index in [0.717, 1.165) is 0 Å². The van der Waals surface area contributed by atoms with Crippen molar-refractivity contribution in [3.8, 4) is 0 Å². The second-order valence-electron chi connectivity index (χ2n) is 3.02. The number of aromatic nitrogens is 3. The van der Waals surface area contributed by atoms with Crippen LogP contribution in [0.1, 0.15) is 18.2 Å². The van der Waals surface area contributed by atoms with Gasteiger partial charge in [0, 0.05) is 0 Å². The third-order valence-corrected chi connectivity index (χ3v) is 1.95. The summed E-state index contributed by atoms with van der Waals surface area (Å²) in [5, 5.41) is 9.62. The van der Waals surface area contributed by atoms with Crippen molar-refractivity contribution >= 4 is 12.2 Å². The molecule has 0 bridgehead atoms. The monoisotopic (exact) mass is 175 g/mol. The Morgan fingerprint density at radius 1 is 1.38 bits per heavy atom. The van der Waals surface area contributed by atoms with Crippen LogP contribution >= 0.6 is 0 Å². The Morgan fingerprint density at radius 3 is 3.00 bits per heavy atom. The number of hydrogen-bond donors (Lipinski definition) is 1. The van der Waals surface area contributed by atoms with Crippen molar-refractivity contribution in [2.45, 2.75) is 6.92 Å². The fourth-order valence-corrected chi connectivity index (χ4v) is 1.19. The zero-order valence-corrected chi connectivity index (χ0v) is 7.19. The van der Waals surface area contributed by atoms with Crippen LogP contribution in [-0.2, 0) is 0 Å². The van der Waals surface area contributed by atoms with Gasteiger partial charge in [-0.05, 0) is 12.0 Å². The van der Waals surface area contributed by atoms with Gasteiger partial charge in [-0.25, -0.2) is 5.10 Å². The minimum absolute atomic E-state index is 0.194. The molecule has 66 valence electrons. The van der Waals surface area contributed by atoms with Crippen molar-refractivity contribution in [2.24, 2.45) is 5.92 Å². The lowest BCUT2D eigenvalue weighted by Gasteiger charge is -1.93. The van der Waals surface area contributed by atoms with Crippen LogP contribution in [-0.4, -0.2) is 15.4 Å². The van der Waals surface area contributed by atoms with E-state index in [1.807, 2.05) is 25.2 Å². The first kappa shape index (κ1) is 7.91. The maximum Gasteiger partial charge on any atom is 0.274 e. The van der Waals surface area contributed by atoms with Gasteiger partial charge in [-0.3, -0.25) is 4.79 Å². The second kappa shape index (κ2) is 2.97. The molecule has 0 aromatic carbocycles. The molecule has 4 nitrogen and oxygen atoms in total. The molecule has 1 unspecified atom stereocenters. The van der Waals surface area contributed by atoms with Crippen molar-refractivity contribution in [2.75, 3.05) is 0 Å². The third kappa shape index (κ3) is 1.42. The number of fused-ring (bicyclic) bond motifs is 1. The summed E-state index contributed by atoms with van der Waals surface area (Å²) in [7, 11) is 0. The first-order valence-electron chi connectivity index (χ1n) is 4.09. The minimum Gasteiger partial charge on any atom is -0.267 e. The highest BCUT2D eigenvalue weighted by atomic mass is 16.1. The lowest BCUT2D eigenvalue weighted by Crippen LogP contribution is -2.14. The normalized spacial score (nSPS) is 19.6. The maximum atomic E-state index is 11.3. The molecule has 13 heavy (non-hydrogen) atoms. The van der Waals surface area contributed by atoms with E-state index in [-0.39, 0.29) is 5.56 Å². The molecular formula is C9H9N3O. The summed E-state index contributed by atoms with van der Waals surface area (Å²) < 4.78 is 0. The number of nitrogens with zero attached hydrogens (tertiary/aromatic N) is 2. The van der Waals surface area contributed by atoms with Crippen molar-refractivity contribution in [3.63, 3.8) is 0 Å². The molecular weight excluding hydrogens is 166 g/mol. The van der Waals surface area contributed by atoms with Crippen molar-refractivity contribution in [1.82, 2.24) is 15.4 Å². The molecule has 1 aromatic heterocycles. The van der Waals surface area contributed by atoms with Gasteiger partial charge in [0.05, 0.1) is 11.3 Å². The summed E-state index contributed by atoms with van der Waals surface area (Å²) in [5.41, 5.74) is 1.01. The molecule has 1 aromatic rings. The third-order valence-electron chi connectivity index (χ3n) is 1.95. The number of rotatable bonds is 0. The van der Waals surface area contributed by atoms with Crippen LogP contribution in [0.15, 0.2) is 16.9 Å². The van der Waals surface area contributed by atoms with E-state index in [1.165, 1.54) is 0 Å². The summed E-state index contributed by atoms with van der Waals surface area (Å²) in [5.74, 6) is 0.327. The molecule has 0 saturated heterocycles. The molecule has 1 atom stereocenters. The SMILES string of the molecule is CC1C=Cc2nn[nH]c(=O)c2C=C1. The molecule has 1 N–H and O–H groups in total. The highest BCUT2D eigenvalue weighted by Crippen LogP contribution is 2.13. The molecule has 0 saturated carbocycles. The van der Waals surface area contributed by atoms with E-state index >= 15 is 0 Å². The van der Waals surface area contributed by atoms with E-state index in [9.17, 15) is 4.79 Å². The molecule has 1 heterocycles. The number of allylic oxidation sites excluding steroid dienone is 2. The van der Waals surface area contributed by atoms with Crippen LogP contribution in [0.3, 0.4) is 0 Å². The quantitative estimate of drug-likeness (QED) is 0.635. The van der Waals surface area contributed by atoms with Gasteiger partial charge in [0.2, 0.25) is 0 Å². The number of aromatic amines is 1. The van der Waals surface area contributed by atoms with Crippen molar-refractivity contribution in [3.05, 3.63) is 33.8 Å². The number of hydrogen-bond acceptors (Lipinski definition) is 3. The van der Waals surface area contributed by atoms with E-state index < -0.39 is 0 Å². The summed E-state index contributed by atoms with van der Waals surface area (Å²) in [4.78, 5) is 11.3. The summed E-state index contributed by atoms with van der Waals surface area (Å²) >= 11 is 0. The molecule has 0 fully saturated rings. The Kier molecular flexibility index (Phi) is 1.81. The van der Waals surface area contributed by atoms with E-state index in [1.54, 1.807) is 6.08 Å². The van der Waals surface area contributed by atoms with E-state index in [0.29, 0.717) is 17.2 Å². The molecule has 2 rings (SSSR count). The fraction of sp³-hybridized carbons (Fsp3) is 0.222. The van der Waals surface area contributed by atoms with E-state index in [2.05, 4.69) is 15.4 Å². The van der Waals surface area contributed by atoms with Crippen LogP contribution in [0, 0.1) is 5.92 Å². The van der Waals surface area contributed by atoms with Crippen LogP contribution in [0.2, 0.25) is 0 Å². The van der Waals surface area contributed by atoms with Crippen molar-refractivity contribution in [1.29, 1.82) is 0 Å². The average Bonchev–Trinajstić information content (AvgIpc) is 2.30. The van der Waals surface area contributed by atoms with Gasteiger partial charge in [0.1, 0.15) is 0 Å². The van der Waals surface area contributed by atoms with Gasteiger partial charge in [-0.2, -0.15) is 0 Å².